The number of piperidine rings is 1. The summed E-state index contributed by atoms with van der Waals surface area (Å²) in [7, 11) is 0. The molecule has 0 amide bonds. The summed E-state index contributed by atoms with van der Waals surface area (Å²) in [4.78, 5) is 2.76. The van der Waals surface area contributed by atoms with Crippen molar-refractivity contribution >= 4 is 0 Å². The molecule has 0 radical (unpaired) electrons. The van der Waals surface area contributed by atoms with Gasteiger partial charge in [-0.25, -0.2) is 0 Å². The summed E-state index contributed by atoms with van der Waals surface area (Å²) in [5, 5.41) is 0. The summed E-state index contributed by atoms with van der Waals surface area (Å²) < 4.78 is 0. The molecule has 1 fully saturated rings. The fraction of sp³-hybridized carbons (Fsp3) is 1.00. The molecule has 0 spiro atoms. The van der Waals surface area contributed by atoms with Crippen LogP contribution in [0.4, 0.5) is 0 Å². The summed E-state index contributed by atoms with van der Waals surface area (Å²) in [6.45, 7) is 8.77. The van der Waals surface area contributed by atoms with Crippen molar-refractivity contribution in [3.63, 3.8) is 0 Å². The van der Waals surface area contributed by atoms with E-state index >= 15 is 0 Å². The van der Waals surface area contributed by atoms with E-state index in [4.69, 9.17) is 0 Å². The zero-order valence-corrected chi connectivity index (χ0v) is 15.8. The van der Waals surface area contributed by atoms with E-state index in [2.05, 4.69) is 18.7 Å². The fourth-order valence-electron chi connectivity index (χ4n) is 3.91. The minimum atomic E-state index is 1.01. The summed E-state index contributed by atoms with van der Waals surface area (Å²) in [6, 6.07) is 0. The maximum absolute atomic E-state index is 2.76. The van der Waals surface area contributed by atoms with E-state index in [9.17, 15) is 0 Å². The molecule has 0 aliphatic carbocycles. The normalized spacial score (nSPS) is 19.6. The van der Waals surface area contributed by atoms with Gasteiger partial charge in [0.25, 0.3) is 0 Å². The Labute approximate surface area is 141 Å². The van der Waals surface area contributed by atoms with Crippen molar-refractivity contribution in [1.82, 2.24) is 4.90 Å². The predicted octanol–water partition coefficient (Wildman–Crippen LogP) is 6.81. The van der Waals surface area contributed by atoms with Crippen molar-refractivity contribution in [2.75, 3.05) is 19.6 Å². The molecule has 1 rings (SSSR count). The Hall–Kier alpha value is -0.0400. The summed E-state index contributed by atoms with van der Waals surface area (Å²) in [5.41, 5.74) is 0. The Bertz CT molecular complexity index is 226. The molecule has 1 unspecified atom stereocenters. The van der Waals surface area contributed by atoms with Crippen LogP contribution in [0.3, 0.4) is 0 Å². The van der Waals surface area contributed by atoms with Gasteiger partial charge in [0, 0.05) is 6.54 Å². The SMILES string of the molecule is CCCCCCCCCCCCN1CCCC(CCCC)C1. The van der Waals surface area contributed by atoms with Crippen molar-refractivity contribution < 1.29 is 0 Å². The first-order valence-electron chi connectivity index (χ1n) is 10.6. The van der Waals surface area contributed by atoms with E-state index < -0.39 is 0 Å². The minimum absolute atomic E-state index is 1.01. The first-order chi connectivity index (χ1) is 10.9. The molecule has 0 aromatic rings. The zero-order valence-electron chi connectivity index (χ0n) is 15.8. The first kappa shape index (κ1) is 20.0. The second kappa shape index (κ2) is 14.5. The highest BCUT2D eigenvalue weighted by Gasteiger charge is 2.18. The lowest BCUT2D eigenvalue weighted by Gasteiger charge is -2.32. The van der Waals surface area contributed by atoms with Crippen molar-refractivity contribution in [2.24, 2.45) is 5.92 Å². The Morgan fingerprint density at radius 1 is 0.727 bits per heavy atom. The molecule has 0 N–H and O–H groups in total. The van der Waals surface area contributed by atoms with Crippen LogP contribution in [0.2, 0.25) is 0 Å². The Morgan fingerprint density at radius 3 is 1.95 bits per heavy atom. The van der Waals surface area contributed by atoms with Gasteiger partial charge in [0.05, 0.1) is 0 Å². The maximum atomic E-state index is 2.76. The average molecular weight is 310 g/mol. The van der Waals surface area contributed by atoms with E-state index in [0.29, 0.717) is 0 Å². The lowest BCUT2D eigenvalue weighted by atomic mass is 9.92. The van der Waals surface area contributed by atoms with Crippen LogP contribution < -0.4 is 0 Å². The molecule has 1 nitrogen and oxygen atoms in total. The number of nitrogens with zero attached hydrogens (tertiary/aromatic N) is 1. The van der Waals surface area contributed by atoms with E-state index in [1.807, 2.05) is 0 Å². The van der Waals surface area contributed by atoms with E-state index in [0.717, 1.165) is 5.92 Å². The number of rotatable bonds is 14. The van der Waals surface area contributed by atoms with Crippen molar-refractivity contribution in [3.05, 3.63) is 0 Å². The Morgan fingerprint density at radius 2 is 1.32 bits per heavy atom. The molecule has 1 heteroatoms. The number of likely N-dealkylation sites (tertiary alicyclic amines) is 1. The Kier molecular flexibility index (Phi) is 13.2. The highest BCUT2D eigenvalue weighted by molar-refractivity contribution is 4.72. The number of hydrogen-bond donors (Lipinski definition) is 0. The van der Waals surface area contributed by atoms with Gasteiger partial charge in [-0.2, -0.15) is 0 Å². The predicted molar refractivity (Wildman–Crippen MR) is 101 cm³/mol. The molecule has 1 saturated heterocycles. The van der Waals surface area contributed by atoms with Gasteiger partial charge in [0.2, 0.25) is 0 Å². The molecule has 1 aliphatic heterocycles. The van der Waals surface area contributed by atoms with Gasteiger partial charge >= 0.3 is 0 Å². The smallest absolute Gasteiger partial charge is 0.000966 e. The van der Waals surface area contributed by atoms with Gasteiger partial charge in [-0.15, -0.1) is 0 Å². The molecule has 0 saturated carbocycles. The van der Waals surface area contributed by atoms with Gasteiger partial charge in [-0.1, -0.05) is 84.5 Å². The molecule has 0 bridgehead atoms. The number of unbranched alkanes of at least 4 members (excludes halogenated alkanes) is 10. The molecular formula is C21H43N. The fourth-order valence-corrected chi connectivity index (χ4v) is 3.91. The van der Waals surface area contributed by atoms with Gasteiger partial charge in [0.15, 0.2) is 0 Å². The van der Waals surface area contributed by atoms with Crippen LogP contribution >= 0.6 is 0 Å². The van der Waals surface area contributed by atoms with Crippen LogP contribution in [0.15, 0.2) is 0 Å². The van der Waals surface area contributed by atoms with E-state index in [1.165, 1.54) is 116 Å². The molecule has 1 heterocycles. The lowest BCUT2D eigenvalue weighted by Crippen LogP contribution is -2.36. The van der Waals surface area contributed by atoms with Crippen LogP contribution in [0.5, 0.6) is 0 Å². The summed E-state index contributed by atoms with van der Waals surface area (Å²) >= 11 is 0. The van der Waals surface area contributed by atoms with Gasteiger partial charge in [-0.05, 0) is 44.7 Å². The minimum Gasteiger partial charge on any atom is -0.303 e. The van der Waals surface area contributed by atoms with Gasteiger partial charge < -0.3 is 4.90 Å². The lowest BCUT2D eigenvalue weighted by molar-refractivity contribution is 0.164. The molecular weight excluding hydrogens is 266 g/mol. The van der Waals surface area contributed by atoms with Crippen LogP contribution in [-0.2, 0) is 0 Å². The molecule has 0 aromatic carbocycles. The molecule has 1 aliphatic rings. The zero-order chi connectivity index (χ0) is 15.9. The van der Waals surface area contributed by atoms with Crippen molar-refractivity contribution in [2.45, 2.75) is 110 Å². The van der Waals surface area contributed by atoms with Crippen molar-refractivity contribution in [3.8, 4) is 0 Å². The molecule has 22 heavy (non-hydrogen) atoms. The molecule has 0 aromatic heterocycles. The Balaban J connectivity index is 1.87. The highest BCUT2D eigenvalue weighted by Crippen LogP contribution is 2.22. The van der Waals surface area contributed by atoms with Crippen LogP contribution in [-0.4, -0.2) is 24.5 Å². The highest BCUT2D eigenvalue weighted by atomic mass is 15.1. The van der Waals surface area contributed by atoms with Crippen LogP contribution in [0, 0.1) is 5.92 Å². The topological polar surface area (TPSA) is 3.24 Å². The monoisotopic (exact) mass is 309 g/mol. The maximum Gasteiger partial charge on any atom is 0.000966 e. The largest absolute Gasteiger partial charge is 0.303 e. The molecule has 1 atom stereocenters. The third-order valence-electron chi connectivity index (χ3n) is 5.40. The second-order valence-electron chi connectivity index (χ2n) is 7.63. The van der Waals surface area contributed by atoms with E-state index in [1.54, 1.807) is 0 Å². The second-order valence-corrected chi connectivity index (χ2v) is 7.63. The molecule has 132 valence electrons. The van der Waals surface area contributed by atoms with E-state index in [-0.39, 0.29) is 0 Å². The third kappa shape index (κ3) is 10.6. The van der Waals surface area contributed by atoms with Crippen molar-refractivity contribution in [1.29, 1.82) is 0 Å². The quantitative estimate of drug-likeness (QED) is 0.319. The van der Waals surface area contributed by atoms with Gasteiger partial charge in [0.1, 0.15) is 0 Å². The number of hydrogen-bond acceptors (Lipinski definition) is 1. The van der Waals surface area contributed by atoms with Crippen LogP contribution in [0.1, 0.15) is 110 Å². The summed E-state index contributed by atoms with van der Waals surface area (Å²) in [6.07, 6.45) is 21.8. The van der Waals surface area contributed by atoms with Crippen LogP contribution in [0.25, 0.3) is 0 Å². The standard InChI is InChI=1S/C21H43N/c1-3-5-7-8-9-10-11-12-13-14-18-22-19-15-17-21(20-22)16-6-4-2/h21H,3-20H2,1-2H3. The average Bonchev–Trinajstić information content (AvgIpc) is 2.55. The van der Waals surface area contributed by atoms with Gasteiger partial charge in [-0.3, -0.25) is 0 Å². The first-order valence-corrected chi connectivity index (χ1v) is 10.6. The third-order valence-corrected chi connectivity index (χ3v) is 5.40. The summed E-state index contributed by atoms with van der Waals surface area (Å²) in [5.74, 6) is 1.01.